The third-order valence-corrected chi connectivity index (χ3v) is 12.1. The van der Waals surface area contributed by atoms with E-state index in [0.717, 1.165) is 6.07 Å². The molecule has 0 atom stereocenters. The van der Waals surface area contributed by atoms with Crippen molar-refractivity contribution in [3.63, 3.8) is 0 Å². The summed E-state index contributed by atoms with van der Waals surface area (Å²) in [6.07, 6.45) is -4.87. The normalized spacial score (nSPS) is 11.4. The molecule has 0 saturated heterocycles. The maximum atomic E-state index is 15.9. The summed E-state index contributed by atoms with van der Waals surface area (Å²) in [6.45, 7) is 7.77. The number of rotatable bonds is 6. The predicted octanol–water partition coefficient (Wildman–Crippen LogP) is 13.9. The molecule has 0 spiro atoms. The largest absolute Gasteiger partial charge is 0.418 e. The van der Waals surface area contributed by atoms with Gasteiger partial charge in [0.15, 0.2) is 23.2 Å². The van der Waals surface area contributed by atoms with Crippen LogP contribution in [-0.4, -0.2) is 24.1 Å². The lowest BCUT2D eigenvalue weighted by molar-refractivity contribution is -0.137. The Morgan fingerprint density at radius 2 is 0.941 bits per heavy atom. The Bertz CT molecular complexity index is 3870. The Morgan fingerprint density at radius 1 is 0.456 bits per heavy atom. The number of fused-ring (bicyclic) bond motifs is 6. The van der Waals surface area contributed by atoms with Crippen molar-refractivity contribution in [3.05, 3.63) is 204 Å². The average molecular weight is 884 g/mol. The number of nitrogens with zero attached hydrogens (tertiary/aromatic N) is 9. The van der Waals surface area contributed by atoms with Crippen LogP contribution in [0.4, 0.5) is 18.9 Å². The van der Waals surface area contributed by atoms with E-state index in [-0.39, 0.29) is 17.1 Å². The van der Waals surface area contributed by atoms with Crippen LogP contribution >= 0.6 is 0 Å². The molecule has 0 radical (unpaired) electrons. The Labute approximate surface area is 385 Å². The highest BCUT2D eigenvalue weighted by Crippen LogP contribution is 2.47. The summed E-state index contributed by atoms with van der Waals surface area (Å²) in [6, 6.07) is 55.0. The fourth-order valence-electron chi connectivity index (χ4n) is 9.08. The standard InChI is InChI=1S/C56H28F3N9/c1-63-38-18-24-49-46(28-38)45-27-33(30-60)15-21-48(45)67(49)39-19-20-41(55-65-53(36-9-4-2-5-10-36)64-54(66-55)37-11-6-3-7-12-37)42(29-39)40-13-8-14-47(56(57,58)59)52(40)68-50-22-16-34(31-61)25-43(50)44-26-35(32-62)17-23-51(44)68/h2-29H. The van der Waals surface area contributed by atoms with Gasteiger partial charge in [-0.15, -0.1) is 0 Å². The lowest BCUT2D eigenvalue weighted by Crippen LogP contribution is -2.12. The van der Waals surface area contributed by atoms with Crippen molar-refractivity contribution in [1.82, 2.24) is 24.1 Å². The Morgan fingerprint density at radius 3 is 1.44 bits per heavy atom. The summed E-state index contributed by atoms with van der Waals surface area (Å²) in [5.41, 5.74) is 5.33. The molecule has 11 aromatic rings. The minimum atomic E-state index is -4.87. The highest BCUT2D eigenvalue weighted by Gasteiger charge is 2.37. The molecule has 11 rings (SSSR count). The minimum Gasteiger partial charge on any atom is -0.309 e. The highest BCUT2D eigenvalue weighted by molar-refractivity contribution is 6.12. The second-order valence-electron chi connectivity index (χ2n) is 16.0. The summed E-state index contributed by atoms with van der Waals surface area (Å²) in [4.78, 5) is 18.6. The molecule has 0 N–H and O–H groups in total. The van der Waals surface area contributed by atoms with Crippen LogP contribution in [0, 0.1) is 40.6 Å². The van der Waals surface area contributed by atoms with Crippen molar-refractivity contribution >= 4 is 49.3 Å². The van der Waals surface area contributed by atoms with Gasteiger partial charge < -0.3 is 9.13 Å². The molecular formula is C56H28F3N9. The van der Waals surface area contributed by atoms with E-state index in [4.69, 9.17) is 21.5 Å². The lowest BCUT2D eigenvalue weighted by Gasteiger charge is -2.22. The minimum absolute atomic E-state index is 0.176. The van der Waals surface area contributed by atoms with E-state index in [9.17, 15) is 15.8 Å². The van der Waals surface area contributed by atoms with E-state index >= 15 is 13.2 Å². The molecule has 3 aromatic heterocycles. The van der Waals surface area contributed by atoms with Crippen LogP contribution in [0.2, 0.25) is 0 Å². The molecule has 9 nitrogen and oxygen atoms in total. The predicted molar refractivity (Wildman–Crippen MR) is 256 cm³/mol. The molecule has 0 aliphatic rings. The number of alkyl halides is 3. The van der Waals surface area contributed by atoms with Crippen LogP contribution in [-0.2, 0) is 6.18 Å². The molecule has 0 bridgehead atoms. The van der Waals surface area contributed by atoms with E-state index in [1.807, 2.05) is 89.5 Å². The SMILES string of the molecule is [C-]#[N+]c1ccc2c(c1)c1cc(C#N)ccc1n2-c1ccc(-c2nc(-c3ccccc3)nc(-c3ccccc3)n2)c(-c2cccc(C(F)(F)F)c2-n2c3ccc(C#N)cc3c3cc(C#N)ccc32)c1. The summed E-state index contributed by atoms with van der Waals surface area (Å²) >= 11 is 0. The first-order valence-electron chi connectivity index (χ1n) is 21.1. The first-order valence-corrected chi connectivity index (χ1v) is 21.1. The quantitative estimate of drug-likeness (QED) is 0.153. The molecule has 8 aromatic carbocycles. The second kappa shape index (κ2) is 16.0. The number of benzene rings is 8. The third-order valence-electron chi connectivity index (χ3n) is 12.1. The van der Waals surface area contributed by atoms with E-state index in [1.165, 1.54) is 6.07 Å². The van der Waals surface area contributed by atoms with Crippen LogP contribution in [0.5, 0.6) is 0 Å². The van der Waals surface area contributed by atoms with Crippen LogP contribution in [0.1, 0.15) is 22.3 Å². The molecule has 0 fully saturated rings. The maximum absolute atomic E-state index is 15.9. The van der Waals surface area contributed by atoms with Gasteiger partial charge in [-0.25, -0.2) is 19.8 Å². The monoisotopic (exact) mass is 883 g/mol. The molecule has 0 aliphatic carbocycles. The third kappa shape index (κ3) is 6.73. The molecule has 0 aliphatic heterocycles. The molecule has 0 saturated carbocycles. The average Bonchev–Trinajstić information content (AvgIpc) is 3.89. The van der Waals surface area contributed by atoms with Gasteiger partial charge in [0.1, 0.15) is 0 Å². The Balaban J connectivity index is 1.29. The molecule has 68 heavy (non-hydrogen) atoms. The Kier molecular flexibility index (Phi) is 9.60. The summed E-state index contributed by atoms with van der Waals surface area (Å²) < 4.78 is 51.1. The van der Waals surface area contributed by atoms with Gasteiger partial charge in [-0.3, -0.25) is 0 Å². The van der Waals surface area contributed by atoms with Crippen molar-refractivity contribution < 1.29 is 13.2 Å². The van der Waals surface area contributed by atoms with Gasteiger partial charge in [0.2, 0.25) is 0 Å². The fraction of sp³-hybridized carbons (Fsp3) is 0.0179. The van der Waals surface area contributed by atoms with E-state index in [0.29, 0.717) is 106 Å². The number of para-hydroxylation sites is 1. The van der Waals surface area contributed by atoms with Crippen molar-refractivity contribution in [3.8, 4) is 74.9 Å². The first kappa shape index (κ1) is 40.9. The highest BCUT2D eigenvalue weighted by atomic mass is 19.4. The van der Waals surface area contributed by atoms with Gasteiger partial charge in [-0.2, -0.15) is 29.0 Å². The van der Waals surface area contributed by atoms with E-state index < -0.39 is 11.7 Å². The smallest absolute Gasteiger partial charge is 0.309 e. The van der Waals surface area contributed by atoms with Crippen molar-refractivity contribution in [2.45, 2.75) is 6.18 Å². The zero-order chi connectivity index (χ0) is 46.7. The van der Waals surface area contributed by atoms with Crippen LogP contribution in [0.25, 0.3) is 105 Å². The summed E-state index contributed by atoms with van der Waals surface area (Å²) in [5.74, 6) is 0.901. The summed E-state index contributed by atoms with van der Waals surface area (Å²) in [7, 11) is 0. The number of hydrogen-bond donors (Lipinski definition) is 0. The fourth-order valence-corrected chi connectivity index (χ4v) is 9.08. The topological polar surface area (TPSA) is 124 Å². The van der Waals surface area contributed by atoms with Crippen LogP contribution < -0.4 is 0 Å². The van der Waals surface area contributed by atoms with Gasteiger partial charge in [0.25, 0.3) is 0 Å². The Hall–Kier alpha value is -9.88. The van der Waals surface area contributed by atoms with Gasteiger partial charge in [-0.05, 0) is 102 Å². The van der Waals surface area contributed by atoms with Gasteiger partial charge in [-0.1, -0.05) is 78.9 Å². The zero-order valence-corrected chi connectivity index (χ0v) is 35.3. The number of hydrogen-bond acceptors (Lipinski definition) is 6. The molecule has 0 amide bonds. The molecular weight excluding hydrogens is 856 g/mol. The van der Waals surface area contributed by atoms with Crippen molar-refractivity contribution in [2.75, 3.05) is 0 Å². The maximum Gasteiger partial charge on any atom is 0.418 e. The van der Waals surface area contributed by atoms with Crippen LogP contribution in [0.3, 0.4) is 0 Å². The number of halogens is 3. The van der Waals surface area contributed by atoms with Crippen molar-refractivity contribution in [2.24, 2.45) is 0 Å². The molecule has 3 heterocycles. The van der Waals surface area contributed by atoms with Gasteiger partial charge in [0, 0.05) is 44.1 Å². The zero-order valence-electron chi connectivity index (χ0n) is 35.3. The number of nitriles is 3. The van der Waals surface area contributed by atoms with Gasteiger partial charge >= 0.3 is 6.18 Å². The molecule has 0 unspecified atom stereocenters. The molecule has 318 valence electrons. The number of aromatic nitrogens is 5. The van der Waals surface area contributed by atoms with Gasteiger partial charge in [0.05, 0.1) is 74.8 Å². The first-order chi connectivity index (χ1) is 33.1. The van der Waals surface area contributed by atoms with Crippen molar-refractivity contribution in [1.29, 1.82) is 15.8 Å². The summed E-state index contributed by atoms with van der Waals surface area (Å²) in [5, 5.41) is 32.2. The second-order valence-corrected chi connectivity index (χ2v) is 16.0. The van der Waals surface area contributed by atoms with E-state index in [1.54, 1.807) is 77.4 Å². The van der Waals surface area contributed by atoms with Crippen LogP contribution in [0.15, 0.2) is 170 Å². The lowest BCUT2D eigenvalue weighted by atomic mass is 9.93. The van der Waals surface area contributed by atoms with E-state index in [2.05, 4.69) is 23.1 Å². The molecule has 12 heteroatoms.